The Morgan fingerprint density at radius 3 is 2.73 bits per heavy atom. The van der Waals surface area contributed by atoms with Gasteiger partial charge in [0, 0.05) is 14.0 Å². The molecule has 0 spiro atoms. The number of ether oxygens (including phenoxy) is 1. The molecule has 0 radical (unpaired) electrons. The third-order valence-corrected chi connectivity index (χ3v) is 1.10. The van der Waals surface area contributed by atoms with Crippen LogP contribution in [-0.2, 0) is 9.53 Å². The zero-order chi connectivity index (χ0) is 8.69. The van der Waals surface area contributed by atoms with E-state index in [9.17, 15) is 4.79 Å². The molecule has 0 aromatic rings. The minimum atomic E-state index is 0. The van der Waals surface area contributed by atoms with Crippen molar-refractivity contribution in [3.63, 3.8) is 0 Å². The smallest absolute Gasteiger partial charge is 0.155 e. The molecular weight excluding hydrogens is 142 g/mol. The topological polar surface area (TPSA) is 38.3 Å². The second-order valence-corrected chi connectivity index (χ2v) is 2.86. The molecule has 0 aliphatic rings. The molecule has 68 valence electrons. The van der Waals surface area contributed by atoms with Gasteiger partial charge >= 0.3 is 0 Å². The lowest BCUT2D eigenvalue weighted by molar-refractivity contribution is -0.121. The van der Waals surface area contributed by atoms with Gasteiger partial charge < -0.3 is 10.1 Å². The first-order valence-electron chi connectivity index (χ1n) is 3.93. The van der Waals surface area contributed by atoms with Gasteiger partial charge in [0.2, 0.25) is 0 Å². The number of carbonyl (C=O) groups excluding carboxylic acids is 1. The van der Waals surface area contributed by atoms with Gasteiger partial charge in [0.1, 0.15) is 6.61 Å². The van der Waals surface area contributed by atoms with E-state index < -0.39 is 0 Å². The second kappa shape index (κ2) is 6.31. The Hall–Kier alpha value is -0.410. The lowest BCUT2D eigenvalue weighted by atomic mass is 10.4. The SMILES string of the molecule is CC(=O)COCCNC(C)C.[HH]. The van der Waals surface area contributed by atoms with Crippen LogP contribution >= 0.6 is 0 Å². The Bertz CT molecular complexity index is 118. The molecule has 0 aromatic carbocycles. The lowest BCUT2D eigenvalue weighted by Gasteiger charge is -2.07. The van der Waals surface area contributed by atoms with E-state index in [2.05, 4.69) is 19.2 Å². The molecule has 3 heteroatoms. The van der Waals surface area contributed by atoms with Gasteiger partial charge in [0.05, 0.1) is 6.61 Å². The van der Waals surface area contributed by atoms with Crippen LogP contribution in [0.4, 0.5) is 0 Å². The summed E-state index contributed by atoms with van der Waals surface area (Å²) in [6.07, 6.45) is 0. The number of hydrogen-bond donors (Lipinski definition) is 1. The molecule has 0 bridgehead atoms. The highest BCUT2D eigenvalue weighted by molar-refractivity contribution is 5.76. The highest BCUT2D eigenvalue weighted by Crippen LogP contribution is 1.78. The molecule has 1 N–H and O–H groups in total. The molecule has 0 unspecified atom stereocenters. The largest absolute Gasteiger partial charge is 0.372 e. The van der Waals surface area contributed by atoms with Crippen LogP contribution in [0.1, 0.15) is 22.2 Å². The minimum Gasteiger partial charge on any atom is -0.372 e. The zero-order valence-electron chi connectivity index (χ0n) is 7.52. The fourth-order valence-corrected chi connectivity index (χ4v) is 0.636. The highest BCUT2D eigenvalue weighted by Gasteiger charge is 1.93. The molecule has 0 heterocycles. The van der Waals surface area contributed by atoms with Crippen molar-refractivity contribution in [3.8, 4) is 0 Å². The Morgan fingerprint density at radius 2 is 2.27 bits per heavy atom. The first-order chi connectivity index (χ1) is 5.13. The number of rotatable bonds is 6. The van der Waals surface area contributed by atoms with Gasteiger partial charge in [-0.3, -0.25) is 4.79 Å². The molecule has 0 atom stereocenters. The molecular formula is C8H19NO2. The van der Waals surface area contributed by atoms with Gasteiger partial charge in [0.15, 0.2) is 5.78 Å². The normalized spacial score (nSPS) is 10.5. The van der Waals surface area contributed by atoms with Gasteiger partial charge in [-0.25, -0.2) is 0 Å². The predicted molar refractivity (Wildman–Crippen MR) is 46.8 cm³/mol. The summed E-state index contributed by atoms with van der Waals surface area (Å²) in [6.45, 7) is 7.33. The number of hydrogen-bond acceptors (Lipinski definition) is 3. The number of carbonyl (C=O) groups is 1. The van der Waals surface area contributed by atoms with Crippen molar-refractivity contribution in [3.05, 3.63) is 0 Å². The molecule has 0 aromatic heterocycles. The van der Waals surface area contributed by atoms with Crippen molar-refractivity contribution in [1.82, 2.24) is 5.32 Å². The van der Waals surface area contributed by atoms with Crippen molar-refractivity contribution in [2.45, 2.75) is 26.8 Å². The molecule has 0 fully saturated rings. The summed E-state index contributed by atoms with van der Waals surface area (Å²) in [4.78, 5) is 10.4. The average Bonchev–Trinajstić information content (AvgIpc) is 1.85. The summed E-state index contributed by atoms with van der Waals surface area (Å²) in [5.74, 6) is 0.0783. The van der Waals surface area contributed by atoms with Crippen LogP contribution in [0.25, 0.3) is 0 Å². The zero-order valence-corrected chi connectivity index (χ0v) is 7.52. The van der Waals surface area contributed by atoms with Gasteiger partial charge in [0.25, 0.3) is 0 Å². The number of ketones is 1. The summed E-state index contributed by atoms with van der Waals surface area (Å²) in [6, 6.07) is 0.482. The summed E-state index contributed by atoms with van der Waals surface area (Å²) in [7, 11) is 0. The van der Waals surface area contributed by atoms with Crippen molar-refractivity contribution >= 4 is 5.78 Å². The predicted octanol–water partition coefficient (Wildman–Crippen LogP) is 0.836. The monoisotopic (exact) mass is 161 g/mol. The Balaban J connectivity index is 0. The molecule has 0 saturated carbocycles. The fraction of sp³-hybridized carbons (Fsp3) is 0.875. The summed E-state index contributed by atoms with van der Waals surface area (Å²) >= 11 is 0. The summed E-state index contributed by atoms with van der Waals surface area (Å²) in [5.41, 5.74) is 0. The van der Waals surface area contributed by atoms with E-state index in [0.717, 1.165) is 6.54 Å². The Morgan fingerprint density at radius 1 is 1.64 bits per heavy atom. The third-order valence-electron chi connectivity index (χ3n) is 1.10. The number of Topliss-reactive ketones (excluding diaryl/α,β-unsaturated/α-hetero) is 1. The molecule has 0 amide bonds. The van der Waals surface area contributed by atoms with E-state index in [4.69, 9.17) is 4.74 Å². The van der Waals surface area contributed by atoms with E-state index in [1.807, 2.05) is 0 Å². The van der Waals surface area contributed by atoms with Gasteiger partial charge in [-0.2, -0.15) is 0 Å². The molecule has 0 aliphatic carbocycles. The van der Waals surface area contributed by atoms with Crippen molar-refractivity contribution in [1.29, 1.82) is 0 Å². The number of nitrogens with one attached hydrogen (secondary N) is 1. The maximum absolute atomic E-state index is 10.4. The van der Waals surface area contributed by atoms with Gasteiger partial charge in [-0.1, -0.05) is 13.8 Å². The lowest BCUT2D eigenvalue weighted by Crippen LogP contribution is -2.27. The van der Waals surface area contributed by atoms with Crippen LogP contribution < -0.4 is 5.32 Å². The van der Waals surface area contributed by atoms with Crippen LogP contribution in [0, 0.1) is 0 Å². The first-order valence-corrected chi connectivity index (χ1v) is 3.93. The van der Waals surface area contributed by atoms with E-state index >= 15 is 0 Å². The van der Waals surface area contributed by atoms with E-state index in [0.29, 0.717) is 12.6 Å². The quantitative estimate of drug-likeness (QED) is 0.586. The van der Waals surface area contributed by atoms with Gasteiger partial charge in [-0.05, 0) is 6.92 Å². The second-order valence-electron chi connectivity index (χ2n) is 2.86. The Kier molecular flexibility index (Phi) is 6.07. The minimum absolute atomic E-state index is 0. The van der Waals surface area contributed by atoms with Crippen molar-refractivity contribution in [2.75, 3.05) is 19.8 Å². The fourth-order valence-electron chi connectivity index (χ4n) is 0.636. The van der Waals surface area contributed by atoms with Crippen LogP contribution in [0.15, 0.2) is 0 Å². The van der Waals surface area contributed by atoms with Crippen molar-refractivity contribution < 1.29 is 11.0 Å². The van der Waals surface area contributed by atoms with E-state index in [1.54, 1.807) is 0 Å². The van der Waals surface area contributed by atoms with Crippen LogP contribution in [0.3, 0.4) is 0 Å². The van der Waals surface area contributed by atoms with Crippen LogP contribution in [0.5, 0.6) is 0 Å². The van der Waals surface area contributed by atoms with Crippen LogP contribution in [0.2, 0.25) is 0 Å². The first kappa shape index (κ1) is 10.6. The molecule has 0 rings (SSSR count). The average molecular weight is 161 g/mol. The summed E-state index contributed by atoms with van der Waals surface area (Å²) in [5, 5.41) is 3.18. The molecule has 3 nitrogen and oxygen atoms in total. The van der Waals surface area contributed by atoms with E-state index in [-0.39, 0.29) is 13.8 Å². The van der Waals surface area contributed by atoms with Gasteiger partial charge in [-0.15, -0.1) is 0 Å². The highest BCUT2D eigenvalue weighted by atomic mass is 16.5. The molecule has 0 aliphatic heterocycles. The van der Waals surface area contributed by atoms with E-state index in [1.165, 1.54) is 6.92 Å². The van der Waals surface area contributed by atoms with Crippen molar-refractivity contribution in [2.24, 2.45) is 0 Å². The molecule has 11 heavy (non-hydrogen) atoms. The van der Waals surface area contributed by atoms with Crippen LogP contribution in [-0.4, -0.2) is 31.6 Å². The third kappa shape index (κ3) is 9.59. The Labute approximate surface area is 69.6 Å². The molecule has 0 saturated heterocycles. The maximum atomic E-state index is 10.4. The maximum Gasteiger partial charge on any atom is 0.155 e. The standard InChI is InChI=1S/C8H17NO2.H2/c1-7(2)9-4-5-11-6-8(3)10;/h7,9H,4-6H2,1-3H3;1H. The summed E-state index contributed by atoms with van der Waals surface area (Å²) < 4.78 is 5.03.